The Labute approximate surface area is 135 Å². The van der Waals surface area contributed by atoms with Gasteiger partial charge in [-0.2, -0.15) is 0 Å². The monoisotopic (exact) mass is 302 g/mol. The van der Waals surface area contributed by atoms with Gasteiger partial charge in [0.25, 0.3) is 0 Å². The van der Waals surface area contributed by atoms with E-state index in [0.717, 1.165) is 25.7 Å². The molecule has 2 nitrogen and oxygen atoms in total. The van der Waals surface area contributed by atoms with E-state index in [1.165, 1.54) is 25.7 Å². The summed E-state index contributed by atoms with van der Waals surface area (Å²) in [5.41, 5.74) is 0. The van der Waals surface area contributed by atoms with E-state index >= 15 is 0 Å². The van der Waals surface area contributed by atoms with E-state index < -0.39 is 0 Å². The summed E-state index contributed by atoms with van der Waals surface area (Å²) in [6.07, 6.45) is 25.9. The molecule has 0 fully saturated rings. The van der Waals surface area contributed by atoms with Gasteiger partial charge in [0.2, 0.25) is 0 Å². The molecule has 1 aliphatic rings. The predicted molar refractivity (Wildman–Crippen MR) is 93.7 cm³/mol. The summed E-state index contributed by atoms with van der Waals surface area (Å²) in [6, 6.07) is 0. The number of unbranched alkanes of at least 4 members (excludes halogenated alkanes) is 4. The molecule has 0 saturated heterocycles. The third-order valence-corrected chi connectivity index (χ3v) is 3.60. The number of ether oxygens (including phenoxy) is 1. The second-order valence-electron chi connectivity index (χ2n) is 5.66. The van der Waals surface area contributed by atoms with Gasteiger partial charge in [-0.15, -0.1) is 0 Å². The van der Waals surface area contributed by atoms with Crippen molar-refractivity contribution in [2.24, 2.45) is 0 Å². The van der Waals surface area contributed by atoms with Crippen LogP contribution in [0.5, 0.6) is 0 Å². The molecule has 0 N–H and O–H groups in total. The zero-order valence-electron chi connectivity index (χ0n) is 13.9. The number of rotatable bonds is 8. The molecular formula is C20H30O2. The Balaban J connectivity index is 2.24. The van der Waals surface area contributed by atoms with Gasteiger partial charge >= 0.3 is 5.97 Å². The molecule has 2 heteroatoms. The Morgan fingerprint density at radius 2 is 1.91 bits per heavy atom. The molecule has 1 unspecified atom stereocenters. The quantitative estimate of drug-likeness (QED) is 0.250. The van der Waals surface area contributed by atoms with Gasteiger partial charge in [0, 0.05) is 6.42 Å². The molecule has 0 amide bonds. The van der Waals surface area contributed by atoms with Crippen LogP contribution in [-0.2, 0) is 9.53 Å². The van der Waals surface area contributed by atoms with E-state index in [9.17, 15) is 4.79 Å². The fourth-order valence-corrected chi connectivity index (χ4v) is 2.30. The molecule has 0 aromatic carbocycles. The number of hydrogen-bond donors (Lipinski definition) is 0. The normalized spacial score (nSPS) is 21.9. The Kier molecular flexibility index (Phi) is 11.0. The molecule has 1 rings (SSSR count). The molecule has 0 aliphatic carbocycles. The summed E-state index contributed by atoms with van der Waals surface area (Å²) in [5, 5.41) is 0. The summed E-state index contributed by atoms with van der Waals surface area (Å²) in [7, 11) is 0. The molecule has 0 saturated carbocycles. The lowest BCUT2D eigenvalue weighted by molar-refractivity contribution is -0.146. The highest BCUT2D eigenvalue weighted by Gasteiger charge is 2.11. The first-order valence-corrected chi connectivity index (χ1v) is 8.67. The van der Waals surface area contributed by atoms with Crippen LogP contribution in [0.15, 0.2) is 48.6 Å². The third-order valence-electron chi connectivity index (χ3n) is 3.60. The van der Waals surface area contributed by atoms with Crippen molar-refractivity contribution in [1.29, 1.82) is 0 Å². The van der Waals surface area contributed by atoms with Gasteiger partial charge in [0.15, 0.2) is 0 Å². The van der Waals surface area contributed by atoms with Crippen molar-refractivity contribution in [2.45, 2.75) is 70.8 Å². The minimum atomic E-state index is -0.0999. The molecule has 0 aromatic rings. The summed E-state index contributed by atoms with van der Waals surface area (Å²) < 4.78 is 5.44. The van der Waals surface area contributed by atoms with Crippen molar-refractivity contribution in [3.8, 4) is 0 Å². The average Bonchev–Trinajstić information content (AvgIpc) is 2.61. The number of carbonyl (C=O) groups is 1. The highest BCUT2D eigenvalue weighted by Crippen LogP contribution is 2.11. The molecular weight excluding hydrogens is 272 g/mol. The molecule has 122 valence electrons. The zero-order valence-corrected chi connectivity index (χ0v) is 13.9. The summed E-state index contributed by atoms with van der Waals surface area (Å²) >= 11 is 0. The Morgan fingerprint density at radius 3 is 2.77 bits per heavy atom. The second-order valence-corrected chi connectivity index (χ2v) is 5.66. The van der Waals surface area contributed by atoms with Crippen molar-refractivity contribution in [3.05, 3.63) is 48.6 Å². The van der Waals surface area contributed by atoms with Gasteiger partial charge in [-0.05, 0) is 38.2 Å². The van der Waals surface area contributed by atoms with Gasteiger partial charge in [-0.3, -0.25) is 4.79 Å². The molecule has 0 spiro atoms. The number of esters is 1. The van der Waals surface area contributed by atoms with Gasteiger partial charge in [-0.25, -0.2) is 0 Å². The van der Waals surface area contributed by atoms with Crippen molar-refractivity contribution in [2.75, 3.05) is 0 Å². The van der Waals surface area contributed by atoms with Crippen LogP contribution in [0.1, 0.15) is 64.7 Å². The first kappa shape index (κ1) is 18.5. The standard InChI is InChI=1S/C20H30O2/c1-2-3-4-5-6-7-8-9-10-13-16-19-17-14-11-12-15-18-20(21)22-19/h7-13,16,19H,2-6,14-15,17-18H2,1H3/b8-7+,10-9+,12-11-,16-13+. The summed E-state index contributed by atoms with van der Waals surface area (Å²) in [5.74, 6) is -0.0999. The third kappa shape index (κ3) is 10.2. The van der Waals surface area contributed by atoms with Crippen LogP contribution in [0, 0.1) is 0 Å². The van der Waals surface area contributed by atoms with Crippen LogP contribution in [0.2, 0.25) is 0 Å². The lowest BCUT2D eigenvalue weighted by Crippen LogP contribution is -2.15. The molecule has 22 heavy (non-hydrogen) atoms. The van der Waals surface area contributed by atoms with E-state index in [1.54, 1.807) is 0 Å². The smallest absolute Gasteiger partial charge is 0.306 e. The topological polar surface area (TPSA) is 26.3 Å². The molecule has 0 radical (unpaired) electrons. The SMILES string of the molecule is CCCCCC/C=C/C=C/C=C/C1CC/C=C\CCC(=O)O1. The minimum Gasteiger partial charge on any atom is -0.458 e. The summed E-state index contributed by atoms with van der Waals surface area (Å²) in [4.78, 5) is 11.6. The molecule has 1 atom stereocenters. The van der Waals surface area contributed by atoms with Crippen molar-refractivity contribution < 1.29 is 9.53 Å². The zero-order chi connectivity index (χ0) is 15.9. The van der Waals surface area contributed by atoms with Crippen molar-refractivity contribution in [3.63, 3.8) is 0 Å². The van der Waals surface area contributed by atoms with Crippen LogP contribution in [0.3, 0.4) is 0 Å². The van der Waals surface area contributed by atoms with Crippen LogP contribution >= 0.6 is 0 Å². The molecule has 0 bridgehead atoms. The second kappa shape index (κ2) is 13.1. The van der Waals surface area contributed by atoms with E-state index in [1.807, 2.05) is 24.3 Å². The number of cyclic esters (lactones) is 1. The minimum absolute atomic E-state index is 0.0991. The maximum absolute atomic E-state index is 11.6. The van der Waals surface area contributed by atoms with E-state index in [2.05, 4.69) is 31.2 Å². The Hall–Kier alpha value is -1.57. The fourth-order valence-electron chi connectivity index (χ4n) is 2.30. The highest BCUT2D eigenvalue weighted by atomic mass is 16.5. The maximum atomic E-state index is 11.6. The lowest BCUT2D eigenvalue weighted by Gasteiger charge is -2.12. The number of hydrogen-bond acceptors (Lipinski definition) is 2. The van der Waals surface area contributed by atoms with E-state index in [4.69, 9.17) is 4.74 Å². The van der Waals surface area contributed by atoms with Crippen LogP contribution in [0.4, 0.5) is 0 Å². The Bertz CT molecular complexity index is 402. The van der Waals surface area contributed by atoms with Gasteiger partial charge < -0.3 is 4.74 Å². The van der Waals surface area contributed by atoms with Gasteiger partial charge in [-0.1, -0.05) is 68.7 Å². The predicted octanol–water partition coefficient (Wildman–Crippen LogP) is 5.67. The van der Waals surface area contributed by atoms with Crippen LogP contribution < -0.4 is 0 Å². The van der Waals surface area contributed by atoms with Gasteiger partial charge in [0.1, 0.15) is 6.10 Å². The van der Waals surface area contributed by atoms with Crippen molar-refractivity contribution in [1.82, 2.24) is 0 Å². The molecule has 1 aliphatic heterocycles. The maximum Gasteiger partial charge on any atom is 0.306 e. The first-order chi connectivity index (χ1) is 10.8. The number of allylic oxidation sites excluding steroid dienone is 7. The summed E-state index contributed by atoms with van der Waals surface area (Å²) in [6.45, 7) is 2.23. The van der Waals surface area contributed by atoms with E-state index in [0.29, 0.717) is 6.42 Å². The fraction of sp³-hybridized carbons (Fsp3) is 0.550. The highest BCUT2D eigenvalue weighted by molar-refractivity contribution is 5.70. The molecule has 0 aromatic heterocycles. The molecule has 1 heterocycles. The average molecular weight is 302 g/mol. The Morgan fingerprint density at radius 1 is 1.09 bits per heavy atom. The van der Waals surface area contributed by atoms with Crippen LogP contribution in [-0.4, -0.2) is 12.1 Å². The largest absolute Gasteiger partial charge is 0.458 e. The number of carbonyl (C=O) groups excluding carboxylic acids is 1. The van der Waals surface area contributed by atoms with Crippen LogP contribution in [0.25, 0.3) is 0 Å². The van der Waals surface area contributed by atoms with Gasteiger partial charge in [0.05, 0.1) is 0 Å². The lowest BCUT2D eigenvalue weighted by atomic mass is 10.1. The van der Waals surface area contributed by atoms with Crippen molar-refractivity contribution >= 4 is 5.97 Å². The first-order valence-electron chi connectivity index (χ1n) is 8.67. The van der Waals surface area contributed by atoms with E-state index in [-0.39, 0.29) is 12.1 Å².